The number of carboxylic acid groups (broad SMARTS) is 1. The van der Waals surface area contributed by atoms with Gasteiger partial charge in [0.05, 0.1) is 12.8 Å². The molecule has 0 radical (unpaired) electrons. The van der Waals surface area contributed by atoms with Crippen LogP contribution in [0.2, 0.25) is 0 Å². The highest BCUT2D eigenvalue weighted by Gasteiger charge is 2.39. The predicted molar refractivity (Wildman–Crippen MR) is 63.5 cm³/mol. The van der Waals surface area contributed by atoms with E-state index in [1.807, 2.05) is 26.0 Å². The largest absolute Gasteiger partial charge is 0.480 e. The number of carbonyl (C=O) groups is 1. The minimum atomic E-state index is -0.738. The van der Waals surface area contributed by atoms with Crippen molar-refractivity contribution in [1.82, 2.24) is 4.90 Å². The molecular formula is C13H19NO3. The first kappa shape index (κ1) is 12.2. The Kier molecular flexibility index (Phi) is 3.52. The van der Waals surface area contributed by atoms with Gasteiger partial charge in [-0.05, 0) is 30.9 Å². The molecule has 1 aliphatic rings. The van der Waals surface area contributed by atoms with Crippen molar-refractivity contribution < 1.29 is 14.3 Å². The molecule has 1 fully saturated rings. The molecule has 1 atom stereocenters. The van der Waals surface area contributed by atoms with Crippen molar-refractivity contribution >= 4 is 5.97 Å². The average Bonchev–Trinajstić information content (AvgIpc) is 2.96. The Morgan fingerprint density at radius 1 is 1.59 bits per heavy atom. The second kappa shape index (κ2) is 4.92. The van der Waals surface area contributed by atoms with Gasteiger partial charge in [-0.15, -0.1) is 0 Å². The molecule has 0 aliphatic heterocycles. The standard InChI is InChI=1S/C13H19NO3/c1-9(2)12(13(15)16)14(10-5-6-10)8-11-4-3-7-17-11/h3-4,7,9-10,12H,5-6,8H2,1-2H3,(H,15,16). The van der Waals surface area contributed by atoms with Crippen molar-refractivity contribution in [3.05, 3.63) is 24.2 Å². The number of nitrogens with zero attached hydrogens (tertiary/aromatic N) is 1. The van der Waals surface area contributed by atoms with Crippen LogP contribution >= 0.6 is 0 Å². The summed E-state index contributed by atoms with van der Waals surface area (Å²) in [5.41, 5.74) is 0. The number of hydrogen-bond acceptors (Lipinski definition) is 3. The number of rotatable bonds is 6. The van der Waals surface area contributed by atoms with Crippen LogP contribution in [-0.4, -0.2) is 28.1 Å². The Morgan fingerprint density at radius 2 is 2.29 bits per heavy atom. The lowest BCUT2D eigenvalue weighted by molar-refractivity contribution is -0.145. The van der Waals surface area contributed by atoms with Gasteiger partial charge >= 0.3 is 5.97 Å². The molecule has 94 valence electrons. The molecule has 1 heterocycles. The van der Waals surface area contributed by atoms with E-state index in [-0.39, 0.29) is 5.92 Å². The van der Waals surface area contributed by atoms with Gasteiger partial charge in [0.15, 0.2) is 0 Å². The maximum Gasteiger partial charge on any atom is 0.321 e. The van der Waals surface area contributed by atoms with Gasteiger partial charge in [-0.1, -0.05) is 13.8 Å². The lowest BCUT2D eigenvalue weighted by Gasteiger charge is -2.30. The first-order valence-electron chi connectivity index (χ1n) is 6.10. The Hall–Kier alpha value is -1.29. The molecule has 0 saturated heterocycles. The van der Waals surface area contributed by atoms with E-state index in [4.69, 9.17) is 4.42 Å². The molecule has 0 amide bonds. The zero-order valence-electron chi connectivity index (χ0n) is 10.3. The molecule has 0 spiro atoms. The van der Waals surface area contributed by atoms with E-state index < -0.39 is 12.0 Å². The van der Waals surface area contributed by atoms with Gasteiger partial charge in [-0.25, -0.2) is 0 Å². The number of carboxylic acids is 1. The van der Waals surface area contributed by atoms with Crippen molar-refractivity contribution in [3.63, 3.8) is 0 Å². The average molecular weight is 237 g/mol. The summed E-state index contributed by atoms with van der Waals surface area (Å²) in [4.78, 5) is 13.4. The van der Waals surface area contributed by atoms with Crippen LogP contribution in [0.25, 0.3) is 0 Å². The Morgan fingerprint density at radius 3 is 2.71 bits per heavy atom. The Labute approximate surface area is 101 Å². The van der Waals surface area contributed by atoms with Gasteiger partial charge in [0.1, 0.15) is 11.8 Å². The topological polar surface area (TPSA) is 53.7 Å². The van der Waals surface area contributed by atoms with Crippen molar-refractivity contribution in [2.75, 3.05) is 0 Å². The first-order chi connectivity index (χ1) is 8.09. The summed E-state index contributed by atoms with van der Waals surface area (Å²) in [6.07, 6.45) is 3.82. The third kappa shape index (κ3) is 2.88. The van der Waals surface area contributed by atoms with E-state index in [0.29, 0.717) is 12.6 Å². The predicted octanol–water partition coefficient (Wildman–Crippen LogP) is 2.35. The fourth-order valence-corrected chi connectivity index (χ4v) is 2.25. The van der Waals surface area contributed by atoms with Gasteiger partial charge in [0, 0.05) is 6.04 Å². The van der Waals surface area contributed by atoms with Crippen LogP contribution in [0.3, 0.4) is 0 Å². The molecule has 0 aromatic carbocycles. The molecule has 4 heteroatoms. The lowest BCUT2D eigenvalue weighted by atomic mass is 10.0. The van der Waals surface area contributed by atoms with Crippen molar-refractivity contribution in [3.8, 4) is 0 Å². The van der Waals surface area contributed by atoms with E-state index in [2.05, 4.69) is 4.90 Å². The molecule has 1 unspecified atom stereocenters. The summed E-state index contributed by atoms with van der Waals surface area (Å²) in [6.45, 7) is 4.50. The van der Waals surface area contributed by atoms with Crippen LogP contribution in [0.4, 0.5) is 0 Å². The van der Waals surface area contributed by atoms with E-state index in [9.17, 15) is 9.90 Å². The second-order valence-electron chi connectivity index (χ2n) is 5.01. The molecule has 1 aliphatic carbocycles. The van der Waals surface area contributed by atoms with Crippen LogP contribution < -0.4 is 0 Å². The van der Waals surface area contributed by atoms with E-state index in [0.717, 1.165) is 18.6 Å². The van der Waals surface area contributed by atoms with Gasteiger partial charge < -0.3 is 9.52 Å². The maximum atomic E-state index is 11.4. The van der Waals surface area contributed by atoms with E-state index >= 15 is 0 Å². The fraction of sp³-hybridized carbons (Fsp3) is 0.615. The molecule has 2 rings (SSSR count). The van der Waals surface area contributed by atoms with Gasteiger partial charge in [-0.2, -0.15) is 0 Å². The third-order valence-corrected chi connectivity index (χ3v) is 3.18. The Balaban J connectivity index is 2.12. The zero-order chi connectivity index (χ0) is 12.4. The second-order valence-corrected chi connectivity index (χ2v) is 5.01. The number of furan rings is 1. The highest BCUT2D eigenvalue weighted by molar-refractivity contribution is 5.73. The fourth-order valence-electron chi connectivity index (χ4n) is 2.25. The Bertz CT molecular complexity index is 368. The monoisotopic (exact) mass is 237 g/mol. The molecule has 1 aromatic heterocycles. The minimum Gasteiger partial charge on any atom is -0.480 e. The van der Waals surface area contributed by atoms with Gasteiger partial charge in [0.2, 0.25) is 0 Å². The molecular weight excluding hydrogens is 218 g/mol. The molecule has 1 saturated carbocycles. The first-order valence-corrected chi connectivity index (χ1v) is 6.10. The van der Waals surface area contributed by atoms with Crippen LogP contribution in [0.1, 0.15) is 32.4 Å². The van der Waals surface area contributed by atoms with Crippen LogP contribution in [0, 0.1) is 5.92 Å². The van der Waals surface area contributed by atoms with E-state index in [1.54, 1.807) is 6.26 Å². The van der Waals surface area contributed by atoms with Crippen LogP contribution in [0.15, 0.2) is 22.8 Å². The maximum absolute atomic E-state index is 11.4. The normalized spacial score (nSPS) is 17.6. The van der Waals surface area contributed by atoms with Crippen molar-refractivity contribution in [2.45, 2.75) is 45.3 Å². The van der Waals surface area contributed by atoms with Crippen LogP contribution in [-0.2, 0) is 11.3 Å². The SMILES string of the molecule is CC(C)C(C(=O)O)N(Cc1ccco1)C1CC1. The summed E-state index contributed by atoms with van der Waals surface area (Å²) in [5.74, 6) is 0.199. The van der Waals surface area contributed by atoms with Crippen LogP contribution in [0.5, 0.6) is 0 Å². The minimum absolute atomic E-state index is 0.100. The van der Waals surface area contributed by atoms with Crippen molar-refractivity contribution in [2.24, 2.45) is 5.92 Å². The molecule has 4 nitrogen and oxygen atoms in total. The number of hydrogen-bond donors (Lipinski definition) is 1. The summed E-state index contributed by atoms with van der Waals surface area (Å²) < 4.78 is 5.32. The highest BCUT2D eigenvalue weighted by atomic mass is 16.4. The summed E-state index contributed by atoms with van der Waals surface area (Å²) in [7, 11) is 0. The molecule has 17 heavy (non-hydrogen) atoms. The summed E-state index contributed by atoms with van der Waals surface area (Å²) >= 11 is 0. The molecule has 1 N–H and O–H groups in total. The zero-order valence-corrected chi connectivity index (χ0v) is 10.3. The summed E-state index contributed by atoms with van der Waals surface area (Å²) in [6, 6.07) is 3.72. The van der Waals surface area contributed by atoms with Gasteiger partial charge in [-0.3, -0.25) is 9.69 Å². The van der Waals surface area contributed by atoms with Crippen molar-refractivity contribution in [1.29, 1.82) is 0 Å². The smallest absolute Gasteiger partial charge is 0.321 e. The summed E-state index contributed by atoms with van der Waals surface area (Å²) in [5, 5.41) is 9.35. The van der Waals surface area contributed by atoms with E-state index in [1.165, 1.54) is 0 Å². The lowest BCUT2D eigenvalue weighted by Crippen LogP contribution is -2.45. The highest BCUT2D eigenvalue weighted by Crippen LogP contribution is 2.32. The quantitative estimate of drug-likeness (QED) is 0.825. The molecule has 0 bridgehead atoms. The molecule has 1 aromatic rings. The van der Waals surface area contributed by atoms with Gasteiger partial charge in [0.25, 0.3) is 0 Å². The third-order valence-electron chi connectivity index (χ3n) is 3.18. The number of aliphatic carboxylic acids is 1.